The van der Waals surface area contributed by atoms with Crippen molar-refractivity contribution in [3.05, 3.63) is 0 Å². The standard InChI is InChI=1S/C13H25NO3/c1-4-6-7-8-9-11(15)14-12(13(16)17)10(3)5-2/h10,12H,4-9H2,1-3H3,(H,14,15)(H,16,17)/t10?,12-/m0/s1. The molecule has 0 aliphatic carbocycles. The summed E-state index contributed by atoms with van der Waals surface area (Å²) in [6.07, 6.45) is 5.30. The Morgan fingerprint density at radius 2 is 1.82 bits per heavy atom. The summed E-state index contributed by atoms with van der Waals surface area (Å²) < 4.78 is 0. The van der Waals surface area contributed by atoms with E-state index in [4.69, 9.17) is 5.11 Å². The predicted octanol–water partition coefficient (Wildman–Crippen LogP) is 2.57. The second-order valence-corrected chi connectivity index (χ2v) is 4.58. The van der Waals surface area contributed by atoms with Crippen molar-refractivity contribution >= 4 is 11.9 Å². The Hall–Kier alpha value is -1.06. The molecule has 1 unspecified atom stereocenters. The van der Waals surface area contributed by atoms with Crippen LogP contribution in [0, 0.1) is 5.92 Å². The highest BCUT2D eigenvalue weighted by Crippen LogP contribution is 2.09. The van der Waals surface area contributed by atoms with Gasteiger partial charge in [-0.2, -0.15) is 0 Å². The molecule has 0 aromatic heterocycles. The highest BCUT2D eigenvalue weighted by molar-refractivity contribution is 5.83. The minimum atomic E-state index is -0.943. The Labute approximate surface area is 104 Å². The van der Waals surface area contributed by atoms with Gasteiger partial charge in [-0.25, -0.2) is 4.79 Å². The summed E-state index contributed by atoms with van der Waals surface area (Å²) in [6.45, 7) is 5.88. The molecule has 17 heavy (non-hydrogen) atoms. The largest absolute Gasteiger partial charge is 0.480 e. The lowest BCUT2D eigenvalue weighted by Gasteiger charge is -2.20. The Bertz CT molecular complexity index is 241. The third-order valence-corrected chi connectivity index (χ3v) is 3.05. The van der Waals surface area contributed by atoms with Crippen LogP contribution in [0.25, 0.3) is 0 Å². The lowest BCUT2D eigenvalue weighted by Crippen LogP contribution is -2.44. The highest BCUT2D eigenvalue weighted by atomic mass is 16.4. The van der Waals surface area contributed by atoms with Gasteiger partial charge in [0.05, 0.1) is 0 Å². The molecule has 2 N–H and O–H groups in total. The molecule has 0 aromatic carbocycles. The Morgan fingerprint density at radius 3 is 2.29 bits per heavy atom. The molecule has 100 valence electrons. The van der Waals surface area contributed by atoms with Gasteiger partial charge in [0.25, 0.3) is 0 Å². The average molecular weight is 243 g/mol. The van der Waals surface area contributed by atoms with E-state index in [0.29, 0.717) is 6.42 Å². The summed E-state index contributed by atoms with van der Waals surface area (Å²) in [5.41, 5.74) is 0. The first-order valence-corrected chi connectivity index (χ1v) is 6.55. The van der Waals surface area contributed by atoms with Crippen LogP contribution in [0.15, 0.2) is 0 Å². The van der Waals surface area contributed by atoms with Crippen LogP contribution in [0.2, 0.25) is 0 Å². The topological polar surface area (TPSA) is 66.4 Å². The molecule has 0 saturated carbocycles. The van der Waals surface area contributed by atoms with Gasteiger partial charge in [0.1, 0.15) is 6.04 Å². The summed E-state index contributed by atoms with van der Waals surface area (Å²) in [5, 5.41) is 11.6. The predicted molar refractivity (Wildman–Crippen MR) is 67.8 cm³/mol. The van der Waals surface area contributed by atoms with Gasteiger partial charge >= 0.3 is 5.97 Å². The van der Waals surface area contributed by atoms with Crippen LogP contribution in [0.4, 0.5) is 0 Å². The second kappa shape index (κ2) is 9.02. The van der Waals surface area contributed by atoms with E-state index in [1.54, 1.807) is 0 Å². The summed E-state index contributed by atoms with van der Waals surface area (Å²) in [5.74, 6) is -1.12. The van der Waals surface area contributed by atoms with Crippen molar-refractivity contribution in [2.75, 3.05) is 0 Å². The first kappa shape index (κ1) is 15.9. The molecule has 0 radical (unpaired) electrons. The van der Waals surface area contributed by atoms with Crippen LogP contribution in [0.1, 0.15) is 59.3 Å². The highest BCUT2D eigenvalue weighted by Gasteiger charge is 2.24. The number of carbonyl (C=O) groups excluding carboxylic acids is 1. The van der Waals surface area contributed by atoms with Crippen LogP contribution in [-0.2, 0) is 9.59 Å². The molecule has 0 saturated heterocycles. The SMILES string of the molecule is CCCCCCC(=O)N[C@H](C(=O)O)C(C)CC. The zero-order valence-electron chi connectivity index (χ0n) is 11.2. The number of amides is 1. The van der Waals surface area contributed by atoms with Gasteiger partial charge in [0.2, 0.25) is 5.91 Å². The van der Waals surface area contributed by atoms with Crippen LogP contribution in [-0.4, -0.2) is 23.0 Å². The molecular formula is C13H25NO3. The van der Waals surface area contributed by atoms with Gasteiger partial charge in [-0.15, -0.1) is 0 Å². The van der Waals surface area contributed by atoms with Gasteiger partial charge in [-0.3, -0.25) is 4.79 Å². The number of unbranched alkanes of at least 4 members (excludes halogenated alkanes) is 3. The monoisotopic (exact) mass is 243 g/mol. The number of carbonyl (C=O) groups is 2. The van der Waals surface area contributed by atoms with Crippen LogP contribution >= 0.6 is 0 Å². The van der Waals surface area contributed by atoms with Crippen LogP contribution < -0.4 is 5.32 Å². The first-order valence-electron chi connectivity index (χ1n) is 6.55. The molecular weight excluding hydrogens is 218 g/mol. The number of rotatable bonds is 9. The first-order chi connectivity index (χ1) is 8.02. The van der Waals surface area contributed by atoms with E-state index in [1.807, 2.05) is 13.8 Å². The van der Waals surface area contributed by atoms with Crippen LogP contribution in [0.5, 0.6) is 0 Å². The van der Waals surface area contributed by atoms with Crippen molar-refractivity contribution in [2.45, 2.75) is 65.3 Å². The number of nitrogens with one attached hydrogen (secondary N) is 1. The second-order valence-electron chi connectivity index (χ2n) is 4.58. The van der Waals surface area contributed by atoms with E-state index in [1.165, 1.54) is 0 Å². The van der Waals surface area contributed by atoms with Gasteiger partial charge in [-0.1, -0.05) is 46.5 Å². The normalized spacial score (nSPS) is 14.1. The van der Waals surface area contributed by atoms with E-state index in [0.717, 1.165) is 32.1 Å². The fourth-order valence-electron chi connectivity index (χ4n) is 1.64. The lowest BCUT2D eigenvalue weighted by molar-refractivity contribution is -0.143. The maximum Gasteiger partial charge on any atom is 0.326 e. The number of hydrogen-bond acceptors (Lipinski definition) is 2. The molecule has 2 atom stereocenters. The van der Waals surface area contributed by atoms with Crippen molar-refractivity contribution < 1.29 is 14.7 Å². The van der Waals surface area contributed by atoms with Crippen molar-refractivity contribution in [1.82, 2.24) is 5.32 Å². The van der Waals surface area contributed by atoms with Gasteiger partial charge in [0.15, 0.2) is 0 Å². The van der Waals surface area contributed by atoms with Gasteiger partial charge in [-0.05, 0) is 12.3 Å². The van der Waals surface area contributed by atoms with Crippen molar-refractivity contribution in [2.24, 2.45) is 5.92 Å². The smallest absolute Gasteiger partial charge is 0.326 e. The molecule has 0 rings (SSSR count). The third kappa shape index (κ3) is 6.97. The van der Waals surface area contributed by atoms with Crippen molar-refractivity contribution in [3.63, 3.8) is 0 Å². The number of aliphatic carboxylic acids is 1. The maximum atomic E-state index is 11.6. The van der Waals surface area contributed by atoms with Crippen LogP contribution in [0.3, 0.4) is 0 Å². The van der Waals surface area contributed by atoms with E-state index in [2.05, 4.69) is 12.2 Å². The molecule has 0 aromatic rings. The molecule has 0 heterocycles. The molecule has 4 heteroatoms. The molecule has 0 fully saturated rings. The number of hydrogen-bond donors (Lipinski definition) is 2. The minimum absolute atomic E-state index is 0.0351. The minimum Gasteiger partial charge on any atom is -0.480 e. The van der Waals surface area contributed by atoms with Gasteiger partial charge < -0.3 is 10.4 Å². The van der Waals surface area contributed by atoms with Crippen molar-refractivity contribution in [1.29, 1.82) is 0 Å². The molecule has 0 aliphatic heterocycles. The average Bonchev–Trinajstić information content (AvgIpc) is 2.30. The zero-order chi connectivity index (χ0) is 13.3. The van der Waals surface area contributed by atoms with Gasteiger partial charge in [0, 0.05) is 6.42 Å². The molecule has 0 aliphatic rings. The number of carboxylic acids is 1. The number of carboxylic acid groups (broad SMARTS) is 1. The van der Waals surface area contributed by atoms with E-state index in [-0.39, 0.29) is 11.8 Å². The maximum absolute atomic E-state index is 11.6. The summed E-state index contributed by atoms with van der Waals surface area (Å²) in [6, 6.07) is -0.751. The fraction of sp³-hybridized carbons (Fsp3) is 0.846. The Kier molecular flexibility index (Phi) is 8.46. The Morgan fingerprint density at radius 1 is 1.18 bits per heavy atom. The van der Waals surface area contributed by atoms with E-state index in [9.17, 15) is 9.59 Å². The van der Waals surface area contributed by atoms with E-state index < -0.39 is 12.0 Å². The summed E-state index contributed by atoms with van der Waals surface area (Å²) in [4.78, 5) is 22.6. The zero-order valence-corrected chi connectivity index (χ0v) is 11.2. The molecule has 1 amide bonds. The molecule has 4 nitrogen and oxygen atoms in total. The molecule has 0 spiro atoms. The third-order valence-electron chi connectivity index (χ3n) is 3.05. The van der Waals surface area contributed by atoms with Crippen molar-refractivity contribution in [3.8, 4) is 0 Å². The summed E-state index contributed by atoms with van der Waals surface area (Å²) >= 11 is 0. The molecule has 0 bridgehead atoms. The fourth-order valence-corrected chi connectivity index (χ4v) is 1.64. The lowest BCUT2D eigenvalue weighted by atomic mass is 9.99. The quantitative estimate of drug-likeness (QED) is 0.612. The Balaban J connectivity index is 4.00. The summed E-state index contributed by atoms with van der Waals surface area (Å²) in [7, 11) is 0. The van der Waals surface area contributed by atoms with E-state index >= 15 is 0 Å².